The Morgan fingerprint density at radius 3 is 2.80 bits per heavy atom. The van der Waals surface area contributed by atoms with Crippen LogP contribution in [0.15, 0.2) is 0 Å². The molecule has 1 heterocycles. The quantitative estimate of drug-likeness (QED) is 0.757. The number of hydrogen-bond donors (Lipinski definition) is 2. The first-order valence-electron chi connectivity index (χ1n) is 7.30. The molecule has 0 aromatic heterocycles. The van der Waals surface area contributed by atoms with Gasteiger partial charge in [-0.25, -0.2) is 9.59 Å². The van der Waals surface area contributed by atoms with Crippen LogP contribution in [0.25, 0.3) is 0 Å². The van der Waals surface area contributed by atoms with Crippen molar-refractivity contribution >= 4 is 12.0 Å². The van der Waals surface area contributed by atoms with Gasteiger partial charge in [0.15, 0.2) is 0 Å². The molecule has 1 saturated heterocycles. The Morgan fingerprint density at radius 2 is 2.20 bits per heavy atom. The second-order valence-electron chi connectivity index (χ2n) is 5.32. The highest BCUT2D eigenvalue weighted by molar-refractivity contribution is 5.82. The number of terminal acetylenes is 1. The minimum atomic E-state index is -1.09. The van der Waals surface area contributed by atoms with Gasteiger partial charge in [-0.1, -0.05) is 19.8 Å². The molecule has 1 rings (SSSR count). The lowest BCUT2D eigenvalue weighted by Crippen LogP contribution is -2.48. The molecule has 0 aromatic rings. The summed E-state index contributed by atoms with van der Waals surface area (Å²) in [5.74, 6) is 1.87. The van der Waals surface area contributed by atoms with Gasteiger partial charge < -0.3 is 15.3 Å². The van der Waals surface area contributed by atoms with Crippen LogP contribution in [0.1, 0.15) is 45.4 Å². The van der Waals surface area contributed by atoms with Crippen LogP contribution in [0.4, 0.5) is 4.79 Å². The second-order valence-corrected chi connectivity index (χ2v) is 5.32. The number of carbonyl (C=O) groups excluding carboxylic acids is 1. The Morgan fingerprint density at radius 1 is 1.45 bits per heavy atom. The van der Waals surface area contributed by atoms with Crippen molar-refractivity contribution in [3.05, 3.63) is 0 Å². The fourth-order valence-corrected chi connectivity index (χ4v) is 2.62. The standard InChI is InChI=1S/C15H24N2O3/c1-3-6-12-8-5-10-17(11-9-12)15(20)16-13(7-4-2)14(18)19/h2,12-13H,3,5-11H2,1H3,(H,16,20)(H,18,19). The molecule has 2 unspecified atom stereocenters. The topological polar surface area (TPSA) is 69.6 Å². The number of aliphatic carboxylic acids is 1. The second kappa shape index (κ2) is 8.47. The molecular formula is C15H24N2O3. The number of carbonyl (C=O) groups is 2. The maximum atomic E-state index is 12.1. The third-order valence-electron chi connectivity index (χ3n) is 3.75. The first kappa shape index (κ1) is 16.4. The van der Waals surface area contributed by atoms with E-state index in [1.807, 2.05) is 0 Å². The molecule has 0 aromatic carbocycles. The Bertz CT molecular complexity index is 376. The number of nitrogens with one attached hydrogen (secondary N) is 1. The number of rotatable bonds is 5. The van der Waals surface area contributed by atoms with Crippen LogP contribution in [-0.4, -0.2) is 41.1 Å². The van der Waals surface area contributed by atoms with Gasteiger partial charge in [0.1, 0.15) is 6.04 Å². The molecule has 0 bridgehead atoms. The van der Waals surface area contributed by atoms with Crippen molar-refractivity contribution in [3.63, 3.8) is 0 Å². The fourth-order valence-electron chi connectivity index (χ4n) is 2.62. The van der Waals surface area contributed by atoms with E-state index in [1.165, 1.54) is 12.8 Å². The average Bonchev–Trinajstić information content (AvgIpc) is 2.64. The fraction of sp³-hybridized carbons (Fsp3) is 0.733. The van der Waals surface area contributed by atoms with Crippen molar-refractivity contribution < 1.29 is 14.7 Å². The predicted octanol–water partition coefficient (Wildman–Crippen LogP) is 2.07. The molecule has 2 N–H and O–H groups in total. The number of urea groups is 1. The van der Waals surface area contributed by atoms with Gasteiger partial charge in [0.2, 0.25) is 0 Å². The van der Waals surface area contributed by atoms with E-state index in [2.05, 4.69) is 18.2 Å². The zero-order valence-electron chi connectivity index (χ0n) is 12.1. The maximum absolute atomic E-state index is 12.1. The van der Waals surface area contributed by atoms with Crippen LogP contribution in [0.3, 0.4) is 0 Å². The van der Waals surface area contributed by atoms with Crippen LogP contribution in [0.2, 0.25) is 0 Å². The third kappa shape index (κ3) is 5.12. The lowest BCUT2D eigenvalue weighted by atomic mass is 9.96. The third-order valence-corrected chi connectivity index (χ3v) is 3.75. The smallest absolute Gasteiger partial charge is 0.327 e. The molecule has 1 aliphatic heterocycles. The molecular weight excluding hydrogens is 256 g/mol. The lowest BCUT2D eigenvalue weighted by molar-refractivity contribution is -0.139. The van der Waals surface area contributed by atoms with E-state index in [4.69, 9.17) is 11.5 Å². The van der Waals surface area contributed by atoms with Crippen molar-refractivity contribution in [1.29, 1.82) is 0 Å². The minimum Gasteiger partial charge on any atom is -0.480 e. The molecule has 1 fully saturated rings. The van der Waals surface area contributed by atoms with E-state index >= 15 is 0 Å². The van der Waals surface area contributed by atoms with E-state index < -0.39 is 12.0 Å². The van der Waals surface area contributed by atoms with Gasteiger partial charge >= 0.3 is 12.0 Å². The molecule has 0 radical (unpaired) electrons. The Hall–Kier alpha value is -1.70. The largest absolute Gasteiger partial charge is 0.480 e. The van der Waals surface area contributed by atoms with Crippen molar-refractivity contribution in [2.24, 2.45) is 5.92 Å². The summed E-state index contributed by atoms with van der Waals surface area (Å²) in [5, 5.41) is 11.5. The van der Waals surface area contributed by atoms with Gasteiger partial charge in [-0.2, -0.15) is 0 Å². The molecule has 112 valence electrons. The van der Waals surface area contributed by atoms with Gasteiger partial charge in [-0.15, -0.1) is 12.3 Å². The first-order chi connectivity index (χ1) is 9.58. The van der Waals surface area contributed by atoms with Crippen LogP contribution in [0.5, 0.6) is 0 Å². The van der Waals surface area contributed by atoms with E-state index in [-0.39, 0.29) is 12.5 Å². The van der Waals surface area contributed by atoms with Gasteiger partial charge in [-0.05, 0) is 25.2 Å². The first-order valence-corrected chi connectivity index (χ1v) is 7.30. The molecule has 0 aliphatic carbocycles. The van der Waals surface area contributed by atoms with Crippen LogP contribution in [-0.2, 0) is 4.79 Å². The zero-order valence-corrected chi connectivity index (χ0v) is 12.1. The Labute approximate surface area is 120 Å². The van der Waals surface area contributed by atoms with Crippen molar-refractivity contribution in [1.82, 2.24) is 10.2 Å². The number of carboxylic acid groups (broad SMARTS) is 1. The van der Waals surface area contributed by atoms with E-state index in [0.29, 0.717) is 19.0 Å². The summed E-state index contributed by atoms with van der Waals surface area (Å²) >= 11 is 0. The SMILES string of the molecule is C#CCC(NC(=O)N1CCCC(CCC)CC1)C(=O)O. The minimum absolute atomic E-state index is 0.00731. The van der Waals surface area contributed by atoms with Gasteiger partial charge in [-0.3, -0.25) is 0 Å². The maximum Gasteiger partial charge on any atom is 0.327 e. The molecule has 0 spiro atoms. The van der Waals surface area contributed by atoms with Crippen molar-refractivity contribution in [2.75, 3.05) is 13.1 Å². The number of likely N-dealkylation sites (tertiary alicyclic amines) is 1. The molecule has 5 heteroatoms. The van der Waals surface area contributed by atoms with Gasteiger partial charge in [0.05, 0.1) is 0 Å². The summed E-state index contributed by atoms with van der Waals surface area (Å²) in [6.07, 6.45) is 10.6. The molecule has 5 nitrogen and oxygen atoms in total. The number of amides is 2. The highest BCUT2D eigenvalue weighted by Crippen LogP contribution is 2.21. The highest BCUT2D eigenvalue weighted by Gasteiger charge is 2.24. The van der Waals surface area contributed by atoms with E-state index in [0.717, 1.165) is 19.3 Å². The summed E-state index contributed by atoms with van der Waals surface area (Å²) in [5.41, 5.74) is 0. The number of hydrogen-bond acceptors (Lipinski definition) is 2. The predicted molar refractivity (Wildman–Crippen MR) is 77.2 cm³/mol. The summed E-state index contributed by atoms with van der Waals surface area (Å²) in [4.78, 5) is 24.8. The summed E-state index contributed by atoms with van der Waals surface area (Å²) in [6.45, 7) is 3.56. The van der Waals surface area contributed by atoms with E-state index in [1.54, 1.807) is 4.90 Å². The highest BCUT2D eigenvalue weighted by atomic mass is 16.4. The summed E-state index contributed by atoms with van der Waals surface area (Å²) < 4.78 is 0. The van der Waals surface area contributed by atoms with Crippen molar-refractivity contribution in [2.45, 2.75) is 51.5 Å². The van der Waals surface area contributed by atoms with Crippen LogP contribution < -0.4 is 5.32 Å². The number of nitrogens with zero attached hydrogens (tertiary/aromatic N) is 1. The molecule has 1 aliphatic rings. The monoisotopic (exact) mass is 280 g/mol. The van der Waals surface area contributed by atoms with E-state index in [9.17, 15) is 9.59 Å². The van der Waals surface area contributed by atoms with Crippen molar-refractivity contribution in [3.8, 4) is 12.3 Å². The summed E-state index contributed by atoms with van der Waals surface area (Å²) in [6, 6.07) is -1.31. The normalized spacial score (nSPS) is 20.6. The Kier molecular flexibility index (Phi) is 6.92. The average molecular weight is 280 g/mol. The van der Waals surface area contributed by atoms with Crippen LogP contribution in [0, 0.1) is 18.3 Å². The van der Waals surface area contributed by atoms with Gasteiger partial charge in [0.25, 0.3) is 0 Å². The zero-order chi connectivity index (χ0) is 15.0. The summed E-state index contributed by atoms with van der Waals surface area (Å²) in [7, 11) is 0. The molecule has 2 amide bonds. The molecule has 2 atom stereocenters. The molecule has 20 heavy (non-hydrogen) atoms. The van der Waals surface area contributed by atoms with Crippen LogP contribution >= 0.6 is 0 Å². The molecule has 0 saturated carbocycles. The Balaban J connectivity index is 2.50. The lowest BCUT2D eigenvalue weighted by Gasteiger charge is -2.23. The van der Waals surface area contributed by atoms with Gasteiger partial charge in [0, 0.05) is 19.5 Å². The number of carboxylic acids is 1.